The zero-order valence-corrected chi connectivity index (χ0v) is 15.8. The number of ether oxygens (including phenoxy) is 1. The van der Waals surface area contributed by atoms with Crippen molar-refractivity contribution < 1.29 is 19.1 Å². The van der Waals surface area contributed by atoms with Crippen molar-refractivity contribution in [2.75, 3.05) is 7.05 Å². The van der Waals surface area contributed by atoms with Crippen LogP contribution in [0.25, 0.3) is 0 Å². The summed E-state index contributed by atoms with van der Waals surface area (Å²) in [4.78, 5) is 35.3. The Morgan fingerprint density at radius 3 is 2.38 bits per heavy atom. The number of urea groups is 1. The second kappa shape index (κ2) is 6.32. The highest BCUT2D eigenvalue weighted by Crippen LogP contribution is 2.65. The number of esters is 1. The molecule has 3 amide bonds. The van der Waals surface area contributed by atoms with Crippen molar-refractivity contribution in [1.29, 1.82) is 0 Å². The third-order valence-electron chi connectivity index (χ3n) is 5.77. The Hall–Kier alpha value is -1.11. The second-order valence-electron chi connectivity index (χ2n) is 7.99. The van der Waals surface area contributed by atoms with E-state index < -0.39 is 18.0 Å². The van der Waals surface area contributed by atoms with Crippen LogP contribution >= 0.6 is 15.9 Å². The van der Waals surface area contributed by atoms with Gasteiger partial charge in [0.25, 0.3) is 5.91 Å². The minimum Gasteiger partial charge on any atom is -0.453 e. The monoisotopic (exact) mass is 400 g/mol. The van der Waals surface area contributed by atoms with E-state index in [2.05, 4.69) is 26.6 Å². The van der Waals surface area contributed by atoms with Gasteiger partial charge in [0.2, 0.25) is 0 Å². The summed E-state index contributed by atoms with van der Waals surface area (Å²) in [5.41, 5.74) is 0.0155. The fraction of sp³-hybridized carbons (Fsp3) is 0.824. The summed E-state index contributed by atoms with van der Waals surface area (Å²) >= 11 is 3.93. The average Bonchev–Trinajstić information content (AvgIpc) is 2.43. The summed E-state index contributed by atoms with van der Waals surface area (Å²) in [5.74, 6) is 0.456. The van der Waals surface area contributed by atoms with Crippen LogP contribution in [-0.2, 0) is 14.3 Å². The molecule has 4 rings (SSSR count). The van der Waals surface area contributed by atoms with Gasteiger partial charge in [-0.3, -0.25) is 14.9 Å². The molecule has 0 unspecified atom stereocenters. The van der Waals surface area contributed by atoms with Gasteiger partial charge >= 0.3 is 12.0 Å². The fourth-order valence-corrected chi connectivity index (χ4v) is 6.93. The molecule has 24 heavy (non-hydrogen) atoms. The largest absolute Gasteiger partial charge is 0.453 e. The molecule has 0 radical (unpaired) electrons. The minimum atomic E-state index is -0.971. The first-order valence-electron chi connectivity index (χ1n) is 8.64. The molecule has 0 saturated heterocycles. The Morgan fingerprint density at radius 2 is 1.83 bits per heavy atom. The van der Waals surface area contributed by atoms with Crippen molar-refractivity contribution in [3.8, 4) is 0 Å². The van der Waals surface area contributed by atoms with Crippen molar-refractivity contribution in [1.82, 2.24) is 10.6 Å². The number of carbonyl (C=O) groups is 3. The van der Waals surface area contributed by atoms with Crippen molar-refractivity contribution in [2.24, 2.45) is 17.3 Å². The lowest BCUT2D eigenvalue weighted by Crippen LogP contribution is -2.53. The predicted molar refractivity (Wildman–Crippen MR) is 91.5 cm³/mol. The van der Waals surface area contributed by atoms with Gasteiger partial charge in [0, 0.05) is 11.4 Å². The van der Waals surface area contributed by atoms with Crippen LogP contribution in [0.15, 0.2) is 0 Å². The van der Waals surface area contributed by atoms with Crippen LogP contribution in [-0.4, -0.2) is 35.4 Å². The molecule has 0 aromatic rings. The molecule has 134 valence electrons. The Kier molecular flexibility index (Phi) is 4.66. The van der Waals surface area contributed by atoms with Gasteiger partial charge in [0.1, 0.15) is 0 Å². The molecule has 0 aliphatic heterocycles. The van der Waals surface area contributed by atoms with Gasteiger partial charge in [-0.25, -0.2) is 4.79 Å². The Balaban J connectivity index is 1.57. The quantitative estimate of drug-likeness (QED) is 0.560. The summed E-state index contributed by atoms with van der Waals surface area (Å²) in [6, 6.07) is -0.606. The molecule has 0 spiro atoms. The van der Waals surface area contributed by atoms with Crippen molar-refractivity contribution in [3.63, 3.8) is 0 Å². The molecule has 0 heterocycles. The van der Waals surface area contributed by atoms with Gasteiger partial charge < -0.3 is 10.1 Å². The third-order valence-corrected chi connectivity index (χ3v) is 6.70. The highest BCUT2D eigenvalue weighted by molar-refractivity contribution is 9.10. The van der Waals surface area contributed by atoms with E-state index in [-0.39, 0.29) is 15.7 Å². The predicted octanol–water partition coefficient (Wildman–Crippen LogP) is 2.50. The van der Waals surface area contributed by atoms with Crippen LogP contribution in [0.4, 0.5) is 4.79 Å². The fourth-order valence-electron chi connectivity index (χ4n) is 5.42. The van der Waals surface area contributed by atoms with E-state index in [4.69, 9.17) is 4.74 Å². The lowest BCUT2D eigenvalue weighted by Gasteiger charge is -2.60. The van der Waals surface area contributed by atoms with Crippen LogP contribution in [0.5, 0.6) is 0 Å². The zero-order valence-electron chi connectivity index (χ0n) is 14.2. The minimum absolute atomic E-state index is 0.0155. The molecule has 3 atom stereocenters. The Labute approximate surface area is 150 Å². The van der Waals surface area contributed by atoms with Crippen molar-refractivity contribution in [3.05, 3.63) is 0 Å². The Morgan fingerprint density at radius 1 is 1.21 bits per heavy atom. The van der Waals surface area contributed by atoms with Crippen LogP contribution in [0, 0.1) is 17.3 Å². The Bertz CT molecular complexity index is 551. The number of imide groups is 1. The lowest BCUT2D eigenvalue weighted by molar-refractivity contribution is -0.160. The number of rotatable bonds is 4. The summed E-state index contributed by atoms with van der Waals surface area (Å²) < 4.78 is 5.48. The van der Waals surface area contributed by atoms with Gasteiger partial charge in [-0.05, 0) is 62.7 Å². The molecule has 4 saturated carbocycles. The van der Waals surface area contributed by atoms with E-state index in [0.717, 1.165) is 19.3 Å². The molecule has 0 aromatic carbocycles. The molecular formula is C17H25BrN2O4. The zero-order chi connectivity index (χ0) is 17.5. The van der Waals surface area contributed by atoms with Gasteiger partial charge in [-0.1, -0.05) is 15.9 Å². The number of carbonyl (C=O) groups excluding carboxylic acids is 3. The molecule has 4 aliphatic rings. The maximum absolute atomic E-state index is 12.4. The third kappa shape index (κ3) is 3.60. The highest BCUT2D eigenvalue weighted by atomic mass is 79.9. The molecular weight excluding hydrogens is 376 g/mol. The maximum atomic E-state index is 12.4. The molecule has 2 N–H and O–H groups in total. The summed E-state index contributed by atoms with van der Waals surface area (Å²) in [6.07, 6.45) is 6.30. The van der Waals surface area contributed by atoms with E-state index in [1.54, 1.807) is 0 Å². The number of alkyl halides is 1. The number of nitrogens with one attached hydrogen (secondary N) is 2. The molecule has 6 nitrogen and oxygen atoms in total. The average molecular weight is 401 g/mol. The first kappa shape index (κ1) is 17.7. The summed E-state index contributed by atoms with van der Waals surface area (Å²) in [5, 5.41) is 4.42. The molecule has 4 aliphatic carbocycles. The van der Waals surface area contributed by atoms with Crippen LogP contribution < -0.4 is 10.6 Å². The molecule has 7 heteroatoms. The van der Waals surface area contributed by atoms with Crippen molar-refractivity contribution in [2.45, 2.75) is 62.3 Å². The van der Waals surface area contributed by atoms with Crippen LogP contribution in [0.2, 0.25) is 0 Å². The van der Waals surface area contributed by atoms with E-state index in [1.165, 1.54) is 33.2 Å². The first-order chi connectivity index (χ1) is 11.2. The lowest BCUT2D eigenvalue weighted by atomic mass is 9.49. The van der Waals surface area contributed by atoms with E-state index in [0.29, 0.717) is 18.3 Å². The second-order valence-corrected chi connectivity index (χ2v) is 9.67. The molecule has 4 fully saturated rings. The molecule has 0 aromatic heterocycles. The SMILES string of the molecule is CNC(=O)NC(=O)[C@H](C)OC(=O)CC12C[C@@H]3C[C@H](CC(Br)(C3)C1)C2. The normalized spacial score (nSPS) is 37.6. The maximum Gasteiger partial charge on any atom is 0.321 e. The van der Waals surface area contributed by atoms with Crippen molar-refractivity contribution >= 4 is 33.8 Å². The van der Waals surface area contributed by atoms with Gasteiger partial charge in [0.15, 0.2) is 6.10 Å². The standard InChI is InChI=1S/C17H25BrN2O4/c1-10(14(22)20-15(23)19-2)24-13(21)8-16-4-11-3-12(5-16)7-17(18,6-11)9-16/h10-12H,3-9H2,1-2H3,(H2,19,20,22,23)/t10-,11-,12-,16?,17?/m0/s1. The van der Waals surface area contributed by atoms with Gasteiger partial charge in [0.05, 0.1) is 6.42 Å². The topological polar surface area (TPSA) is 84.5 Å². The number of hydrogen-bond acceptors (Lipinski definition) is 4. The van der Waals surface area contributed by atoms with Gasteiger partial charge in [-0.15, -0.1) is 0 Å². The van der Waals surface area contributed by atoms with E-state index in [9.17, 15) is 14.4 Å². The van der Waals surface area contributed by atoms with E-state index >= 15 is 0 Å². The first-order valence-corrected chi connectivity index (χ1v) is 9.43. The van der Waals surface area contributed by atoms with Crippen LogP contribution in [0.1, 0.15) is 51.9 Å². The van der Waals surface area contributed by atoms with E-state index in [1.807, 2.05) is 0 Å². The summed E-state index contributed by atoms with van der Waals surface area (Å²) in [7, 11) is 1.42. The number of halogens is 1. The molecule has 4 bridgehead atoms. The highest BCUT2D eigenvalue weighted by Gasteiger charge is 2.57. The van der Waals surface area contributed by atoms with Gasteiger partial charge in [-0.2, -0.15) is 0 Å². The summed E-state index contributed by atoms with van der Waals surface area (Å²) in [6.45, 7) is 1.49. The number of amides is 3. The number of hydrogen-bond donors (Lipinski definition) is 2. The smallest absolute Gasteiger partial charge is 0.321 e. The van der Waals surface area contributed by atoms with Crippen LogP contribution in [0.3, 0.4) is 0 Å².